The lowest BCUT2D eigenvalue weighted by atomic mass is 10.0. The van der Waals surface area contributed by atoms with Crippen LogP contribution < -0.4 is 10.1 Å². The number of nitrogens with one attached hydrogen (secondary N) is 1. The van der Waals surface area contributed by atoms with Crippen molar-refractivity contribution in [1.29, 1.82) is 0 Å². The van der Waals surface area contributed by atoms with E-state index in [4.69, 9.17) is 4.74 Å². The van der Waals surface area contributed by atoms with E-state index in [1.165, 1.54) is 12.1 Å². The maximum atomic E-state index is 13.3. The van der Waals surface area contributed by atoms with Crippen LogP contribution in [-0.2, 0) is 0 Å². The molecule has 0 aliphatic rings. The smallest absolute Gasteiger partial charge is 0.182 e. The van der Waals surface area contributed by atoms with Crippen LogP contribution in [0.1, 0.15) is 0 Å². The number of halogens is 1. The van der Waals surface area contributed by atoms with E-state index in [-0.39, 0.29) is 5.82 Å². The first-order valence-corrected chi connectivity index (χ1v) is 8.31. The van der Waals surface area contributed by atoms with E-state index >= 15 is 0 Å². The fraction of sp³-hybridized carbons (Fsp3) is 0.100. The van der Waals surface area contributed by atoms with Gasteiger partial charge in [0, 0.05) is 18.6 Å². The topological polar surface area (TPSA) is 72.8 Å². The predicted molar refractivity (Wildman–Crippen MR) is 102 cm³/mol. The van der Waals surface area contributed by atoms with E-state index in [0.717, 1.165) is 16.5 Å². The van der Waals surface area contributed by atoms with E-state index in [2.05, 4.69) is 25.5 Å². The molecule has 4 aromatic rings. The lowest BCUT2D eigenvalue weighted by Crippen LogP contribution is -2.01. The van der Waals surface area contributed by atoms with Crippen LogP contribution >= 0.6 is 0 Å². The first-order valence-electron chi connectivity index (χ1n) is 8.31. The highest BCUT2D eigenvalue weighted by atomic mass is 19.1. The monoisotopic (exact) mass is 361 g/mol. The average molecular weight is 361 g/mol. The molecule has 2 heterocycles. The first-order chi connectivity index (χ1) is 13.2. The minimum atomic E-state index is -0.278. The van der Waals surface area contributed by atoms with Crippen molar-refractivity contribution in [2.45, 2.75) is 0 Å². The molecule has 0 aliphatic carbocycles. The number of hydrogen-bond donors (Lipinski definition) is 1. The molecule has 7 heteroatoms. The van der Waals surface area contributed by atoms with Gasteiger partial charge in [-0.05, 0) is 47.5 Å². The summed E-state index contributed by atoms with van der Waals surface area (Å²) in [7, 11) is 3.38. The van der Waals surface area contributed by atoms with E-state index in [0.29, 0.717) is 28.6 Å². The van der Waals surface area contributed by atoms with Crippen LogP contribution in [0.3, 0.4) is 0 Å². The highest BCUT2D eigenvalue weighted by Crippen LogP contribution is 2.35. The summed E-state index contributed by atoms with van der Waals surface area (Å²) in [5.41, 5.74) is 2.98. The Balaban J connectivity index is 1.96. The highest BCUT2D eigenvalue weighted by molar-refractivity contribution is 5.97. The molecule has 0 amide bonds. The number of fused-ring (bicyclic) bond motifs is 1. The second-order valence-electron chi connectivity index (χ2n) is 5.84. The summed E-state index contributed by atoms with van der Waals surface area (Å²) in [5, 5.41) is 11.9. The van der Waals surface area contributed by atoms with E-state index in [1.54, 1.807) is 44.6 Å². The van der Waals surface area contributed by atoms with Crippen LogP contribution in [0.15, 0.2) is 54.7 Å². The SMILES string of the molecule is CNc1nc(-c2cccnn2)nc2c(OC)cc(-c3ccc(F)cc3)cc12. The van der Waals surface area contributed by atoms with Crippen molar-refractivity contribution in [3.8, 4) is 28.4 Å². The normalized spacial score (nSPS) is 10.8. The number of methoxy groups -OCH3 is 1. The zero-order chi connectivity index (χ0) is 18.8. The Morgan fingerprint density at radius 1 is 1.00 bits per heavy atom. The van der Waals surface area contributed by atoms with Gasteiger partial charge in [0.2, 0.25) is 0 Å². The zero-order valence-electron chi connectivity index (χ0n) is 14.8. The van der Waals surface area contributed by atoms with Crippen molar-refractivity contribution in [3.63, 3.8) is 0 Å². The number of aromatic nitrogens is 4. The molecular weight excluding hydrogens is 345 g/mol. The Hall–Kier alpha value is -3.61. The van der Waals surface area contributed by atoms with Crippen LogP contribution in [-0.4, -0.2) is 34.3 Å². The van der Waals surface area contributed by atoms with Crippen LogP contribution in [0.25, 0.3) is 33.5 Å². The van der Waals surface area contributed by atoms with Crippen molar-refractivity contribution in [2.75, 3.05) is 19.5 Å². The molecule has 0 saturated heterocycles. The summed E-state index contributed by atoms with van der Waals surface area (Å²) in [4.78, 5) is 9.21. The fourth-order valence-corrected chi connectivity index (χ4v) is 2.89. The lowest BCUT2D eigenvalue weighted by molar-refractivity contribution is 0.419. The van der Waals surface area contributed by atoms with Gasteiger partial charge in [-0.2, -0.15) is 5.10 Å². The minimum Gasteiger partial charge on any atom is -0.494 e. The molecule has 0 bridgehead atoms. The molecule has 27 heavy (non-hydrogen) atoms. The van der Waals surface area contributed by atoms with E-state index < -0.39 is 0 Å². The van der Waals surface area contributed by atoms with Crippen molar-refractivity contribution >= 4 is 16.7 Å². The van der Waals surface area contributed by atoms with Gasteiger partial charge in [0.25, 0.3) is 0 Å². The largest absolute Gasteiger partial charge is 0.494 e. The van der Waals surface area contributed by atoms with Gasteiger partial charge in [-0.3, -0.25) is 0 Å². The Bertz CT molecular complexity index is 1100. The third kappa shape index (κ3) is 3.15. The van der Waals surface area contributed by atoms with Crippen molar-refractivity contribution in [3.05, 3.63) is 60.5 Å². The van der Waals surface area contributed by atoms with Crippen molar-refractivity contribution < 1.29 is 9.13 Å². The first kappa shape index (κ1) is 16.8. The number of benzene rings is 2. The summed E-state index contributed by atoms with van der Waals surface area (Å²) >= 11 is 0. The number of nitrogens with zero attached hydrogens (tertiary/aromatic N) is 4. The number of anilines is 1. The predicted octanol–water partition coefficient (Wildman–Crippen LogP) is 3.94. The van der Waals surface area contributed by atoms with E-state index in [1.807, 2.05) is 12.1 Å². The molecule has 0 unspecified atom stereocenters. The van der Waals surface area contributed by atoms with Gasteiger partial charge in [0.1, 0.15) is 28.6 Å². The summed E-state index contributed by atoms with van der Waals surface area (Å²) < 4.78 is 18.8. The fourth-order valence-electron chi connectivity index (χ4n) is 2.89. The Kier molecular flexibility index (Phi) is 4.33. The summed E-state index contributed by atoms with van der Waals surface area (Å²) in [6.07, 6.45) is 1.60. The molecule has 4 rings (SSSR count). The maximum Gasteiger partial charge on any atom is 0.182 e. The van der Waals surface area contributed by atoms with Gasteiger partial charge in [-0.1, -0.05) is 12.1 Å². The Morgan fingerprint density at radius 2 is 1.81 bits per heavy atom. The quantitative estimate of drug-likeness (QED) is 0.593. The second-order valence-corrected chi connectivity index (χ2v) is 5.84. The number of ether oxygens (including phenoxy) is 1. The molecule has 0 aliphatic heterocycles. The molecule has 134 valence electrons. The second kappa shape index (κ2) is 6.95. The molecule has 1 N–H and O–H groups in total. The van der Waals surface area contributed by atoms with Gasteiger partial charge < -0.3 is 10.1 Å². The molecule has 6 nitrogen and oxygen atoms in total. The van der Waals surface area contributed by atoms with Gasteiger partial charge in [0.15, 0.2) is 5.82 Å². The molecule has 2 aromatic heterocycles. The number of hydrogen-bond acceptors (Lipinski definition) is 6. The third-order valence-corrected chi connectivity index (χ3v) is 4.20. The number of rotatable bonds is 4. The molecule has 2 aromatic carbocycles. The summed E-state index contributed by atoms with van der Waals surface area (Å²) in [5.74, 6) is 1.41. The van der Waals surface area contributed by atoms with Crippen molar-refractivity contribution in [1.82, 2.24) is 20.2 Å². The van der Waals surface area contributed by atoms with Crippen LogP contribution in [0, 0.1) is 5.82 Å². The average Bonchev–Trinajstić information content (AvgIpc) is 2.73. The van der Waals surface area contributed by atoms with Crippen LogP contribution in [0.4, 0.5) is 10.2 Å². The molecular formula is C20H16FN5O. The summed E-state index contributed by atoms with van der Waals surface area (Å²) in [6, 6.07) is 13.7. The Labute approximate surface area is 155 Å². The van der Waals surface area contributed by atoms with Gasteiger partial charge >= 0.3 is 0 Å². The molecule has 0 atom stereocenters. The zero-order valence-corrected chi connectivity index (χ0v) is 14.8. The highest BCUT2D eigenvalue weighted by Gasteiger charge is 2.15. The molecule has 0 fully saturated rings. The third-order valence-electron chi connectivity index (χ3n) is 4.20. The van der Waals surface area contributed by atoms with Gasteiger partial charge in [-0.25, -0.2) is 14.4 Å². The van der Waals surface area contributed by atoms with Crippen LogP contribution in [0.5, 0.6) is 5.75 Å². The van der Waals surface area contributed by atoms with Crippen LogP contribution in [0.2, 0.25) is 0 Å². The standard InChI is InChI=1S/C20H16FN5O/c1-22-19-15-10-13(12-5-7-14(21)8-6-12)11-17(27-2)18(15)24-20(25-19)16-4-3-9-23-26-16/h3-11H,1-2H3,(H,22,24,25). The summed E-state index contributed by atoms with van der Waals surface area (Å²) in [6.45, 7) is 0. The van der Waals surface area contributed by atoms with Gasteiger partial charge in [0.05, 0.1) is 7.11 Å². The van der Waals surface area contributed by atoms with Crippen molar-refractivity contribution in [2.24, 2.45) is 0 Å². The minimum absolute atomic E-state index is 0.278. The van der Waals surface area contributed by atoms with E-state index in [9.17, 15) is 4.39 Å². The molecule has 0 radical (unpaired) electrons. The lowest BCUT2D eigenvalue weighted by Gasteiger charge is -2.13. The maximum absolute atomic E-state index is 13.3. The Morgan fingerprint density at radius 3 is 2.48 bits per heavy atom. The van der Waals surface area contributed by atoms with Gasteiger partial charge in [-0.15, -0.1) is 5.10 Å². The molecule has 0 saturated carbocycles. The molecule has 0 spiro atoms.